The topological polar surface area (TPSA) is 18.5 Å². The lowest BCUT2D eigenvalue weighted by atomic mass is 11.5. The van der Waals surface area contributed by atoms with Crippen LogP contribution < -0.4 is 0 Å². The number of ether oxygens (including phenoxy) is 2. The molecule has 8 heavy (non-hydrogen) atoms. The second-order valence-corrected chi connectivity index (χ2v) is 2.83. The maximum Gasteiger partial charge on any atom is 0.142 e. The van der Waals surface area contributed by atoms with Gasteiger partial charge in [-0.05, 0) is 0 Å². The van der Waals surface area contributed by atoms with Gasteiger partial charge in [-0.2, -0.15) is 0 Å². The van der Waals surface area contributed by atoms with Gasteiger partial charge in [-0.3, -0.25) is 0 Å². The molecule has 4 heteroatoms. The van der Waals surface area contributed by atoms with Crippen LogP contribution in [0.4, 0.5) is 0 Å². The van der Waals surface area contributed by atoms with Crippen LogP contribution in [0.2, 0.25) is 0 Å². The normalized spacial score (nSPS) is 24.0. The van der Waals surface area contributed by atoms with Crippen LogP contribution in [0.1, 0.15) is 0 Å². The first kappa shape index (κ1) is 6.74. The summed E-state index contributed by atoms with van der Waals surface area (Å²) < 4.78 is 10.1. The van der Waals surface area contributed by atoms with Crippen molar-refractivity contribution >= 4 is 23.5 Å². The fraction of sp³-hybridized carbons (Fsp3) is 0.750. The van der Waals surface area contributed by atoms with Gasteiger partial charge in [0.15, 0.2) is 0 Å². The molecule has 0 bridgehead atoms. The minimum Gasteiger partial charge on any atom is -0.360 e. The molecule has 0 saturated carbocycles. The highest BCUT2D eigenvalue weighted by Crippen LogP contribution is 2.14. The molecule has 0 N–H and O–H groups in total. The zero-order valence-electron chi connectivity index (χ0n) is 4.33. The van der Waals surface area contributed by atoms with Crippen LogP contribution in [-0.4, -0.2) is 17.8 Å². The van der Waals surface area contributed by atoms with Gasteiger partial charge >= 0.3 is 0 Å². The molecule has 0 aromatic carbocycles. The predicted octanol–water partition coefficient (Wildman–Crippen LogP) is 1.49. The summed E-state index contributed by atoms with van der Waals surface area (Å²) in [5, 5.41) is 0. The molecule has 47 valence electrons. The van der Waals surface area contributed by atoms with E-state index in [0.29, 0.717) is 11.9 Å². The maximum absolute atomic E-state index is 5.09. The molecule has 0 aliphatic carbocycles. The van der Waals surface area contributed by atoms with Crippen molar-refractivity contribution in [3.63, 3.8) is 0 Å². The lowest BCUT2D eigenvalue weighted by Crippen LogP contribution is -1.96. The molecule has 0 amide bonds. The van der Waals surface area contributed by atoms with E-state index in [4.69, 9.17) is 9.47 Å². The highest BCUT2D eigenvalue weighted by atomic mass is 32.2. The van der Waals surface area contributed by atoms with Crippen LogP contribution in [0.25, 0.3) is 0 Å². The van der Waals surface area contributed by atoms with Crippen LogP contribution in [-0.2, 0) is 9.47 Å². The van der Waals surface area contributed by atoms with E-state index in [-0.39, 0.29) is 0 Å². The maximum atomic E-state index is 5.09. The van der Waals surface area contributed by atoms with Gasteiger partial charge in [-0.15, -0.1) is 11.8 Å². The molecule has 1 fully saturated rings. The number of rotatable bonds is 0. The predicted molar refractivity (Wildman–Crippen MR) is 36.3 cm³/mol. The van der Waals surface area contributed by atoms with Crippen molar-refractivity contribution in [2.45, 2.75) is 0 Å². The average Bonchev–Trinajstić information content (AvgIpc) is 1.62. The molecule has 0 spiro atoms. The first-order chi connectivity index (χ1) is 4.00. The molecular weight excluding hydrogens is 144 g/mol. The zero-order chi connectivity index (χ0) is 5.66. The molecule has 1 aliphatic rings. The van der Waals surface area contributed by atoms with Crippen molar-refractivity contribution in [3.8, 4) is 0 Å². The number of hydrogen-bond donors (Lipinski definition) is 0. The fourth-order valence-electron chi connectivity index (χ4n) is 0.327. The Morgan fingerprint density at radius 1 is 1.25 bits per heavy atom. The molecule has 0 unspecified atom stereocenters. The van der Waals surface area contributed by atoms with Crippen LogP contribution in [0, 0.1) is 5.94 Å². The summed E-state index contributed by atoms with van der Waals surface area (Å²) in [5.41, 5.74) is 0. The Balaban J connectivity index is 2.00. The van der Waals surface area contributed by atoms with Crippen LogP contribution in [0.15, 0.2) is 0 Å². The minimum absolute atomic E-state index is 0.715. The summed E-state index contributed by atoms with van der Waals surface area (Å²) in [6.07, 6.45) is 0. The van der Waals surface area contributed by atoms with Crippen molar-refractivity contribution in [1.29, 1.82) is 0 Å². The van der Waals surface area contributed by atoms with Crippen LogP contribution >= 0.6 is 23.5 Å². The first-order valence-electron chi connectivity index (χ1n) is 2.20. The Hall–Kier alpha value is 0.620. The Morgan fingerprint density at radius 3 is 3.25 bits per heavy atom. The van der Waals surface area contributed by atoms with E-state index in [0.717, 1.165) is 5.94 Å². The molecule has 0 aromatic heterocycles. The number of thioether (sulfide) groups is 2. The zero-order valence-corrected chi connectivity index (χ0v) is 5.96. The van der Waals surface area contributed by atoms with Gasteiger partial charge < -0.3 is 9.47 Å². The SMILES string of the molecule is [CH]1OCSCOCS1. The van der Waals surface area contributed by atoms with Crippen molar-refractivity contribution in [1.82, 2.24) is 0 Å². The Bertz CT molecular complexity index is 36.0. The third-order valence-electron chi connectivity index (χ3n) is 0.605. The summed E-state index contributed by atoms with van der Waals surface area (Å²) in [7, 11) is 0. The van der Waals surface area contributed by atoms with Crippen molar-refractivity contribution in [2.75, 3.05) is 17.8 Å². The van der Waals surface area contributed by atoms with Crippen molar-refractivity contribution in [3.05, 3.63) is 5.94 Å². The van der Waals surface area contributed by atoms with Crippen LogP contribution in [0.3, 0.4) is 0 Å². The highest BCUT2D eigenvalue weighted by Gasteiger charge is 1.95. The van der Waals surface area contributed by atoms with E-state index >= 15 is 0 Å². The quantitative estimate of drug-likeness (QED) is 0.522. The first-order valence-corrected chi connectivity index (χ1v) is 4.41. The second-order valence-electron chi connectivity index (χ2n) is 1.19. The molecule has 0 aromatic rings. The van der Waals surface area contributed by atoms with Crippen molar-refractivity contribution in [2.24, 2.45) is 0 Å². The molecule has 1 radical (unpaired) electrons. The van der Waals surface area contributed by atoms with E-state index in [2.05, 4.69) is 0 Å². The summed E-state index contributed by atoms with van der Waals surface area (Å²) in [4.78, 5) is 0. The molecule has 1 saturated heterocycles. The van der Waals surface area contributed by atoms with Gasteiger partial charge in [-0.1, -0.05) is 11.8 Å². The molecular formula is C4H7O2S2. The average molecular weight is 151 g/mol. The summed E-state index contributed by atoms with van der Waals surface area (Å²) in [6, 6.07) is 0. The van der Waals surface area contributed by atoms with E-state index in [1.807, 2.05) is 0 Å². The van der Waals surface area contributed by atoms with Gasteiger partial charge in [0.25, 0.3) is 0 Å². The highest BCUT2D eigenvalue weighted by molar-refractivity contribution is 8.01. The third-order valence-corrected chi connectivity index (χ3v) is 1.82. The molecule has 2 nitrogen and oxygen atoms in total. The molecule has 1 heterocycles. The fourth-order valence-corrected chi connectivity index (χ4v) is 1.35. The number of hydrogen-bond acceptors (Lipinski definition) is 4. The third kappa shape index (κ3) is 2.81. The summed E-state index contributed by atoms with van der Waals surface area (Å²) in [5.74, 6) is 3.90. The Labute approximate surface area is 57.3 Å². The second kappa shape index (κ2) is 4.49. The van der Waals surface area contributed by atoms with Gasteiger partial charge in [0.1, 0.15) is 5.94 Å². The van der Waals surface area contributed by atoms with E-state index in [1.54, 1.807) is 29.5 Å². The molecule has 0 atom stereocenters. The summed E-state index contributed by atoms with van der Waals surface area (Å²) >= 11 is 3.19. The largest absolute Gasteiger partial charge is 0.360 e. The van der Waals surface area contributed by atoms with E-state index in [1.165, 1.54) is 0 Å². The lowest BCUT2D eigenvalue weighted by molar-refractivity contribution is 0.226. The van der Waals surface area contributed by atoms with Gasteiger partial charge in [0.2, 0.25) is 0 Å². The van der Waals surface area contributed by atoms with Crippen LogP contribution in [0.5, 0.6) is 0 Å². The van der Waals surface area contributed by atoms with Crippen molar-refractivity contribution < 1.29 is 9.47 Å². The summed E-state index contributed by atoms with van der Waals surface area (Å²) in [6.45, 7) is 0. The lowest BCUT2D eigenvalue weighted by Gasteiger charge is -2.07. The van der Waals surface area contributed by atoms with E-state index in [9.17, 15) is 0 Å². The van der Waals surface area contributed by atoms with Gasteiger partial charge in [0, 0.05) is 0 Å². The smallest absolute Gasteiger partial charge is 0.142 e. The van der Waals surface area contributed by atoms with E-state index < -0.39 is 0 Å². The van der Waals surface area contributed by atoms with Gasteiger partial charge in [-0.25, -0.2) is 0 Å². The Kier molecular flexibility index (Phi) is 3.78. The Morgan fingerprint density at radius 2 is 2.25 bits per heavy atom. The van der Waals surface area contributed by atoms with Gasteiger partial charge in [0.05, 0.1) is 17.8 Å². The molecule has 1 rings (SSSR count). The standard InChI is InChI=1S/C4H7O2S2/c1-5-2-8-4-6-3-7-1/h1H,2-4H2. The molecule has 1 aliphatic heterocycles. The monoisotopic (exact) mass is 151 g/mol. The minimum atomic E-state index is 0.715.